The standard InChI is InChI=1S/C22H17BrN2O6/c1-3-9-31-19-17(23)11-13(12-18(19)30-4-2)10-16-20(27)24-22(29)25(21(16)28)14-5-7-15(26)8-6-14/h1,5-8,10-12,26H,4,9H2,2H3,(H,24,27,29)/b16-10+. The van der Waals surface area contributed by atoms with Gasteiger partial charge in [-0.2, -0.15) is 0 Å². The molecule has 1 heterocycles. The molecule has 0 aromatic heterocycles. The molecule has 2 N–H and O–H groups in total. The zero-order chi connectivity index (χ0) is 22.5. The maximum atomic E-state index is 13.0. The molecular weight excluding hydrogens is 468 g/mol. The van der Waals surface area contributed by atoms with E-state index < -0.39 is 17.8 Å². The summed E-state index contributed by atoms with van der Waals surface area (Å²) < 4.78 is 11.6. The van der Waals surface area contributed by atoms with E-state index in [-0.39, 0.29) is 23.6 Å². The summed E-state index contributed by atoms with van der Waals surface area (Å²) >= 11 is 3.38. The number of hydrogen-bond donors (Lipinski definition) is 2. The fourth-order valence-corrected chi connectivity index (χ4v) is 3.42. The second-order valence-corrected chi connectivity index (χ2v) is 7.08. The predicted molar refractivity (Wildman–Crippen MR) is 117 cm³/mol. The van der Waals surface area contributed by atoms with Gasteiger partial charge in [-0.05, 0) is 70.9 Å². The number of imide groups is 2. The average molecular weight is 485 g/mol. The maximum Gasteiger partial charge on any atom is 0.335 e. The molecule has 1 aliphatic heterocycles. The highest BCUT2D eigenvalue weighted by Crippen LogP contribution is 2.37. The van der Waals surface area contributed by atoms with Gasteiger partial charge in [0.1, 0.15) is 17.9 Å². The van der Waals surface area contributed by atoms with Crippen molar-refractivity contribution in [1.29, 1.82) is 0 Å². The van der Waals surface area contributed by atoms with Crippen LogP contribution in [0.15, 0.2) is 46.4 Å². The average Bonchev–Trinajstić information content (AvgIpc) is 2.72. The zero-order valence-corrected chi connectivity index (χ0v) is 17.9. The van der Waals surface area contributed by atoms with Crippen LogP contribution in [-0.4, -0.2) is 36.2 Å². The molecule has 2 aromatic carbocycles. The highest BCUT2D eigenvalue weighted by atomic mass is 79.9. The summed E-state index contributed by atoms with van der Waals surface area (Å²) in [6.07, 6.45) is 6.59. The molecule has 0 atom stereocenters. The molecule has 0 spiro atoms. The van der Waals surface area contributed by atoms with Crippen molar-refractivity contribution in [3.63, 3.8) is 0 Å². The number of carbonyl (C=O) groups is 3. The Kier molecular flexibility index (Phi) is 6.62. The number of carbonyl (C=O) groups excluding carboxylic acids is 3. The summed E-state index contributed by atoms with van der Waals surface area (Å²) in [5.74, 6) is 1.47. The third-order valence-electron chi connectivity index (χ3n) is 4.15. The van der Waals surface area contributed by atoms with Crippen molar-refractivity contribution < 1.29 is 29.0 Å². The largest absolute Gasteiger partial charge is 0.508 e. The third kappa shape index (κ3) is 4.70. The van der Waals surface area contributed by atoms with Gasteiger partial charge >= 0.3 is 6.03 Å². The molecule has 0 radical (unpaired) electrons. The molecule has 8 nitrogen and oxygen atoms in total. The Balaban J connectivity index is 2.02. The van der Waals surface area contributed by atoms with Crippen LogP contribution in [0, 0.1) is 12.3 Å². The molecule has 0 unspecified atom stereocenters. The Hall–Kier alpha value is -3.77. The number of barbiturate groups is 1. The van der Waals surface area contributed by atoms with Crippen LogP contribution in [0.2, 0.25) is 0 Å². The number of phenolic OH excluding ortho intramolecular Hbond substituents is 1. The lowest BCUT2D eigenvalue weighted by Gasteiger charge is -2.26. The minimum Gasteiger partial charge on any atom is -0.508 e. The van der Waals surface area contributed by atoms with E-state index >= 15 is 0 Å². The van der Waals surface area contributed by atoms with Gasteiger partial charge in [0.15, 0.2) is 11.5 Å². The molecule has 1 aliphatic rings. The summed E-state index contributed by atoms with van der Waals surface area (Å²) in [7, 11) is 0. The number of nitrogens with zero attached hydrogens (tertiary/aromatic N) is 1. The molecule has 2 aromatic rings. The summed E-state index contributed by atoms with van der Waals surface area (Å²) in [4.78, 5) is 38.4. The fraction of sp³-hybridized carbons (Fsp3) is 0.136. The molecule has 9 heteroatoms. The van der Waals surface area contributed by atoms with Crippen LogP contribution in [0.4, 0.5) is 10.5 Å². The first-order chi connectivity index (χ1) is 14.8. The lowest BCUT2D eigenvalue weighted by Crippen LogP contribution is -2.54. The Morgan fingerprint density at radius 2 is 1.90 bits per heavy atom. The van der Waals surface area contributed by atoms with Crippen molar-refractivity contribution in [3.8, 4) is 29.6 Å². The van der Waals surface area contributed by atoms with Gasteiger partial charge in [-0.25, -0.2) is 9.69 Å². The molecule has 158 valence electrons. The number of rotatable bonds is 6. The first-order valence-corrected chi connectivity index (χ1v) is 9.88. The van der Waals surface area contributed by atoms with Gasteiger partial charge in [0.25, 0.3) is 11.8 Å². The van der Waals surface area contributed by atoms with Gasteiger partial charge < -0.3 is 14.6 Å². The monoisotopic (exact) mass is 484 g/mol. The van der Waals surface area contributed by atoms with Crippen LogP contribution in [0.1, 0.15) is 12.5 Å². The second-order valence-electron chi connectivity index (χ2n) is 6.23. The number of phenols is 1. The van der Waals surface area contributed by atoms with Crippen LogP contribution in [0.3, 0.4) is 0 Å². The van der Waals surface area contributed by atoms with Gasteiger partial charge in [0, 0.05) is 0 Å². The number of ether oxygens (including phenoxy) is 2. The summed E-state index contributed by atoms with van der Waals surface area (Å²) in [5, 5.41) is 11.6. The molecule has 31 heavy (non-hydrogen) atoms. The number of hydrogen-bond acceptors (Lipinski definition) is 6. The van der Waals surface area contributed by atoms with E-state index in [1.807, 2.05) is 0 Å². The highest BCUT2D eigenvalue weighted by molar-refractivity contribution is 9.10. The SMILES string of the molecule is C#CCOc1c(Br)cc(/C=C2\C(=O)NC(=O)N(c3ccc(O)cc3)C2=O)cc1OCC. The second kappa shape index (κ2) is 9.36. The molecule has 0 aliphatic carbocycles. The summed E-state index contributed by atoms with van der Waals surface area (Å²) in [6, 6.07) is 7.78. The smallest absolute Gasteiger partial charge is 0.335 e. The van der Waals surface area contributed by atoms with Crippen molar-refractivity contribution in [2.24, 2.45) is 0 Å². The topological polar surface area (TPSA) is 105 Å². The van der Waals surface area contributed by atoms with E-state index in [2.05, 4.69) is 27.2 Å². The Morgan fingerprint density at radius 1 is 1.19 bits per heavy atom. The van der Waals surface area contributed by atoms with Crippen molar-refractivity contribution in [2.45, 2.75) is 6.92 Å². The van der Waals surface area contributed by atoms with Crippen LogP contribution >= 0.6 is 15.9 Å². The van der Waals surface area contributed by atoms with Crippen molar-refractivity contribution in [2.75, 3.05) is 18.1 Å². The number of urea groups is 1. The molecule has 0 saturated carbocycles. The Morgan fingerprint density at radius 3 is 2.55 bits per heavy atom. The van der Waals surface area contributed by atoms with Crippen LogP contribution in [0.25, 0.3) is 6.08 Å². The van der Waals surface area contributed by atoms with Crippen molar-refractivity contribution in [1.82, 2.24) is 5.32 Å². The van der Waals surface area contributed by atoms with E-state index in [1.54, 1.807) is 19.1 Å². The minimum atomic E-state index is -0.882. The van der Waals surface area contributed by atoms with E-state index in [1.165, 1.54) is 30.3 Å². The fourth-order valence-electron chi connectivity index (χ4n) is 2.85. The summed E-state index contributed by atoms with van der Waals surface area (Å²) in [5.41, 5.74) is 0.411. The van der Waals surface area contributed by atoms with E-state index in [9.17, 15) is 19.5 Å². The van der Waals surface area contributed by atoms with E-state index in [0.717, 1.165) is 4.90 Å². The molecule has 1 saturated heterocycles. The first-order valence-electron chi connectivity index (χ1n) is 9.08. The number of anilines is 1. The van der Waals surface area contributed by atoms with E-state index in [4.69, 9.17) is 15.9 Å². The number of amides is 4. The molecular formula is C22H17BrN2O6. The van der Waals surface area contributed by atoms with Gasteiger partial charge in [-0.15, -0.1) is 6.42 Å². The Labute approximate surface area is 186 Å². The van der Waals surface area contributed by atoms with E-state index in [0.29, 0.717) is 28.1 Å². The van der Waals surface area contributed by atoms with Crippen molar-refractivity contribution >= 4 is 45.5 Å². The number of nitrogens with one attached hydrogen (secondary N) is 1. The molecule has 1 fully saturated rings. The quantitative estimate of drug-likeness (QED) is 0.370. The minimum absolute atomic E-state index is 0.0269. The lowest BCUT2D eigenvalue weighted by molar-refractivity contribution is -0.122. The van der Waals surface area contributed by atoms with Crippen LogP contribution in [-0.2, 0) is 9.59 Å². The third-order valence-corrected chi connectivity index (χ3v) is 4.74. The lowest BCUT2D eigenvalue weighted by atomic mass is 10.1. The maximum absolute atomic E-state index is 13.0. The molecule has 0 bridgehead atoms. The molecule has 3 rings (SSSR count). The number of benzene rings is 2. The van der Waals surface area contributed by atoms with Gasteiger partial charge in [-0.1, -0.05) is 5.92 Å². The van der Waals surface area contributed by atoms with Crippen molar-refractivity contribution in [3.05, 3.63) is 52.0 Å². The normalized spacial score (nSPS) is 14.9. The zero-order valence-electron chi connectivity index (χ0n) is 16.3. The Bertz CT molecular complexity index is 1120. The first kappa shape index (κ1) is 21.9. The number of terminal acetylenes is 1. The predicted octanol–water partition coefficient (Wildman–Crippen LogP) is 3.23. The molecule has 4 amide bonds. The van der Waals surface area contributed by atoms with Crippen LogP contribution < -0.4 is 19.7 Å². The highest BCUT2D eigenvalue weighted by Gasteiger charge is 2.36. The number of aromatic hydroxyl groups is 1. The van der Waals surface area contributed by atoms with Gasteiger partial charge in [-0.3, -0.25) is 14.9 Å². The van der Waals surface area contributed by atoms with Crippen LogP contribution in [0.5, 0.6) is 17.2 Å². The number of halogens is 1. The van der Waals surface area contributed by atoms with Gasteiger partial charge in [0.2, 0.25) is 0 Å². The summed E-state index contributed by atoms with van der Waals surface area (Å²) in [6.45, 7) is 2.17. The van der Waals surface area contributed by atoms with Gasteiger partial charge in [0.05, 0.1) is 16.8 Å².